The molecule has 0 fully saturated rings. The standard InChI is InChI=1S/C16H18ClNO/c1-11-5-3-4-6-12(11)9-16(18)14-8-7-13(19-2)10-15(14)17/h3-8,10,16H,9,18H2,1-2H3. The molecule has 0 aliphatic carbocycles. The Hall–Kier alpha value is -1.51. The van der Waals surface area contributed by atoms with Gasteiger partial charge in [-0.1, -0.05) is 41.9 Å². The molecule has 0 aliphatic rings. The smallest absolute Gasteiger partial charge is 0.120 e. The predicted molar refractivity (Wildman–Crippen MR) is 79.8 cm³/mol. The van der Waals surface area contributed by atoms with Crippen molar-refractivity contribution in [2.45, 2.75) is 19.4 Å². The number of hydrogen-bond acceptors (Lipinski definition) is 2. The molecular weight excluding hydrogens is 258 g/mol. The molecule has 0 aromatic heterocycles. The molecule has 0 saturated heterocycles. The molecule has 1 unspecified atom stereocenters. The summed E-state index contributed by atoms with van der Waals surface area (Å²) in [5.41, 5.74) is 9.72. The minimum atomic E-state index is -0.112. The highest BCUT2D eigenvalue weighted by Crippen LogP contribution is 2.28. The Morgan fingerprint density at radius 2 is 1.95 bits per heavy atom. The van der Waals surface area contributed by atoms with Crippen LogP contribution in [0.2, 0.25) is 5.02 Å². The number of halogens is 1. The first-order valence-corrected chi connectivity index (χ1v) is 6.63. The fraction of sp³-hybridized carbons (Fsp3) is 0.250. The average Bonchev–Trinajstić information content (AvgIpc) is 2.41. The third-order valence-corrected chi connectivity index (χ3v) is 3.64. The highest BCUT2D eigenvalue weighted by Gasteiger charge is 2.12. The van der Waals surface area contributed by atoms with E-state index in [-0.39, 0.29) is 6.04 Å². The van der Waals surface area contributed by atoms with E-state index in [2.05, 4.69) is 19.1 Å². The van der Waals surface area contributed by atoms with Crippen molar-refractivity contribution in [2.24, 2.45) is 5.73 Å². The van der Waals surface area contributed by atoms with E-state index >= 15 is 0 Å². The van der Waals surface area contributed by atoms with Gasteiger partial charge in [0.25, 0.3) is 0 Å². The lowest BCUT2D eigenvalue weighted by molar-refractivity contribution is 0.414. The Morgan fingerprint density at radius 3 is 2.58 bits per heavy atom. The summed E-state index contributed by atoms with van der Waals surface area (Å²) < 4.78 is 5.14. The Bertz CT molecular complexity index is 568. The van der Waals surface area contributed by atoms with E-state index in [0.717, 1.165) is 17.7 Å². The number of benzene rings is 2. The van der Waals surface area contributed by atoms with E-state index in [0.29, 0.717) is 5.02 Å². The fourth-order valence-corrected chi connectivity index (χ4v) is 2.43. The van der Waals surface area contributed by atoms with Crippen molar-refractivity contribution in [3.8, 4) is 5.75 Å². The van der Waals surface area contributed by atoms with Crippen molar-refractivity contribution >= 4 is 11.6 Å². The topological polar surface area (TPSA) is 35.2 Å². The molecule has 0 spiro atoms. The second-order valence-electron chi connectivity index (χ2n) is 4.62. The van der Waals surface area contributed by atoms with Crippen LogP contribution in [0.4, 0.5) is 0 Å². The van der Waals surface area contributed by atoms with E-state index in [9.17, 15) is 0 Å². The quantitative estimate of drug-likeness (QED) is 0.918. The average molecular weight is 276 g/mol. The summed E-state index contributed by atoms with van der Waals surface area (Å²) in [6.07, 6.45) is 0.777. The zero-order valence-electron chi connectivity index (χ0n) is 11.2. The van der Waals surface area contributed by atoms with Crippen LogP contribution in [0.15, 0.2) is 42.5 Å². The number of nitrogens with two attached hydrogens (primary N) is 1. The van der Waals surface area contributed by atoms with Crippen LogP contribution < -0.4 is 10.5 Å². The SMILES string of the molecule is COc1ccc(C(N)Cc2ccccc2C)c(Cl)c1. The van der Waals surface area contributed by atoms with Gasteiger partial charge < -0.3 is 10.5 Å². The molecule has 0 amide bonds. The summed E-state index contributed by atoms with van der Waals surface area (Å²) in [6.45, 7) is 2.09. The van der Waals surface area contributed by atoms with Crippen LogP contribution in [-0.2, 0) is 6.42 Å². The zero-order valence-corrected chi connectivity index (χ0v) is 11.9. The molecular formula is C16H18ClNO. The van der Waals surface area contributed by atoms with Gasteiger partial charge in [-0.15, -0.1) is 0 Å². The number of rotatable bonds is 4. The molecule has 2 rings (SSSR count). The summed E-state index contributed by atoms with van der Waals surface area (Å²) in [6, 6.07) is 13.8. The highest BCUT2D eigenvalue weighted by atomic mass is 35.5. The van der Waals surface area contributed by atoms with Crippen LogP contribution >= 0.6 is 11.6 Å². The van der Waals surface area contributed by atoms with Crippen molar-refractivity contribution in [2.75, 3.05) is 7.11 Å². The van der Waals surface area contributed by atoms with E-state index in [4.69, 9.17) is 22.1 Å². The van der Waals surface area contributed by atoms with Crippen LogP contribution in [0.3, 0.4) is 0 Å². The first-order chi connectivity index (χ1) is 9.11. The number of aryl methyl sites for hydroxylation is 1. The maximum absolute atomic E-state index is 6.26. The van der Waals surface area contributed by atoms with Gasteiger partial charge in [0.2, 0.25) is 0 Å². The third kappa shape index (κ3) is 3.28. The Morgan fingerprint density at radius 1 is 1.21 bits per heavy atom. The minimum Gasteiger partial charge on any atom is -0.497 e. The fourth-order valence-electron chi connectivity index (χ4n) is 2.12. The minimum absolute atomic E-state index is 0.112. The summed E-state index contributed by atoms with van der Waals surface area (Å²) in [5, 5.41) is 0.653. The Balaban J connectivity index is 2.21. The summed E-state index contributed by atoms with van der Waals surface area (Å²) >= 11 is 6.25. The van der Waals surface area contributed by atoms with Crippen LogP contribution in [0, 0.1) is 6.92 Å². The molecule has 0 saturated carbocycles. The molecule has 0 heterocycles. The molecule has 2 aromatic rings. The van der Waals surface area contributed by atoms with Crippen molar-refractivity contribution in [3.05, 3.63) is 64.2 Å². The first kappa shape index (κ1) is 13.9. The van der Waals surface area contributed by atoms with E-state index in [1.165, 1.54) is 11.1 Å². The van der Waals surface area contributed by atoms with Gasteiger partial charge in [0.15, 0.2) is 0 Å². The predicted octanol–water partition coefficient (Wildman–Crippen LogP) is 3.90. The van der Waals surface area contributed by atoms with Gasteiger partial charge in [-0.3, -0.25) is 0 Å². The summed E-state index contributed by atoms with van der Waals surface area (Å²) in [7, 11) is 1.62. The van der Waals surface area contributed by atoms with Gasteiger partial charge in [-0.2, -0.15) is 0 Å². The molecule has 2 aromatic carbocycles. The van der Waals surface area contributed by atoms with Gasteiger partial charge in [-0.05, 0) is 42.2 Å². The zero-order chi connectivity index (χ0) is 13.8. The summed E-state index contributed by atoms with van der Waals surface area (Å²) in [4.78, 5) is 0. The summed E-state index contributed by atoms with van der Waals surface area (Å²) in [5.74, 6) is 0.747. The Kier molecular flexibility index (Phi) is 4.46. The van der Waals surface area contributed by atoms with Gasteiger partial charge in [0.1, 0.15) is 5.75 Å². The lowest BCUT2D eigenvalue weighted by Gasteiger charge is -2.16. The van der Waals surface area contributed by atoms with Gasteiger partial charge in [-0.25, -0.2) is 0 Å². The third-order valence-electron chi connectivity index (χ3n) is 3.31. The monoisotopic (exact) mass is 275 g/mol. The normalized spacial score (nSPS) is 12.2. The van der Waals surface area contributed by atoms with Crippen LogP contribution in [-0.4, -0.2) is 7.11 Å². The van der Waals surface area contributed by atoms with Gasteiger partial charge in [0.05, 0.1) is 7.11 Å². The Labute approximate surface area is 119 Å². The van der Waals surface area contributed by atoms with Crippen molar-refractivity contribution in [3.63, 3.8) is 0 Å². The largest absolute Gasteiger partial charge is 0.497 e. The lowest BCUT2D eigenvalue weighted by Crippen LogP contribution is -2.14. The van der Waals surface area contributed by atoms with Crippen molar-refractivity contribution in [1.29, 1.82) is 0 Å². The molecule has 0 aliphatic heterocycles. The van der Waals surface area contributed by atoms with Crippen molar-refractivity contribution < 1.29 is 4.74 Å². The maximum atomic E-state index is 6.26. The molecule has 0 bridgehead atoms. The van der Waals surface area contributed by atoms with Gasteiger partial charge in [0, 0.05) is 11.1 Å². The first-order valence-electron chi connectivity index (χ1n) is 6.25. The molecule has 0 radical (unpaired) electrons. The highest BCUT2D eigenvalue weighted by molar-refractivity contribution is 6.31. The molecule has 2 N–H and O–H groups in total. The second kappa shape index (κ2) is 6.09. The van der Waals surface area contributed by atoms with E-state index in [1.807, 2.05) is 24.3 Å². The van der Waals surface area contributed by atoms with Gasteiger partial charge >= 0.3 is 0 Å². The molecule has 100 valence electrons. The number of methoxy groups -OCH3 is 1. The second-order valence-corrected chi connectivity index (χ2v) is 5.03. The van der Waals surface area contributed by atoms with Crippen LogP contribution in [0.1, 0.15) is 22.7 Å². The van der Waals surface area contributed by atoms with E-state index in [1.54, 1.807) is 13.2 Å². The molecule has 2 nitrogen and oxygen atoms in total. The molecule has 19 heavy (non-hydrogen) atoms. The maximum Gasteiger partial charge on any atom is 0.120 e. The number of ether oxygens (including phenoxy) is 1. The van der Waals surface area contributed by atoms with Crippen LogP contribution in [0.25, 0.3) is 0 Å². The van der Waals surface area contributed by atoms with E-state index < -0.39 is 0 Å². The lowest BCUT2D eigenvalue weighted by atomic mass is 9.97. The van der Waals surface area contributed by atoms with Crippen LogP contribution in [0.5, 0.6) is 5.75 Å². The molecule has 1 atom stereocenters. The molecule has 3 heteroatoms. The van der Waals surface area contributed by atoms with Crippen molar-refractivity contribution in [1.82, 2.24) is 0 Å². The number of hydrogen-bond donors (Lipinski definition) is 1.